The number of aromatic nitrogens is 2. The summed E-state index contributed by atoms with van der Waals surface area (Å²) in [5, 5.41) is 11.2. The number of methoxy groups -OCH3 is 2. The van der Waals surface area contributed by atoms with E-state index in [0.717, 1.165) is 0 Å². The molecular formula is C54H51ClN8O10. The molecule has 0 radical (unpaired) electrons. The molecule has 73 heavy (non-hydrogen) atoms. The predicted molar refractivity (Wildman–Crippen MR) is 279 cm³/mol. The van der Waals surface area contributed by atoms with Gasteiger partial charge >= 0.3 is 0 Å². The largest absolute Gasteiger partial charge is 0.495 e. The van der Waals surface area contributed by atoms with E-state index < -0.39 is 23.6 Å². The molecule has 0 aliphatic rings. The Morgan fingerprint density at radius 1 is 0.507 bits per heavy atom. The summed E-state index contributed by atoms with van der Waals surface area (Å²) in [4.78, 5) is 79.5. The zero-order valence-electron chi connectivity index (χ0n) is 40.1. The highest BCUT2D eigenvalue weighted by Gasteiger charge is 2.26. The number of pyridine rings is 2. The molecule has 4 aromatic carbocycles. The smallest absolute Gasteiger partial charge is 0.258 e. The van der Waals surface area contributed by atoms with Crippen LogP contribution in [-0.4, -0.2) is 84.5 Å². The first-order chi connectivity index (χ1) is 34.8. The number of nitrogens with one attached hydrogen (secondary N) is 4. The minimum absolute atomic E-state index is 0. The van der Waals surface area contributed by atoms with Gasteiger partial charge in [0.15, 0.2) is 13.2 Å². The van der Waals surface area contributed by atoms with Crippen LogP contribution in [0.5, 0.6) is 23.0 Å². The van der Waals surface area contributed by atoms with Gasteiger partial charge < -0.3 is 60.5 Å². The third kappa shape index (κ3) is 11.2. The Balaban J connectivity index is 0.00000780. The van der Waals surface area contributed by atoms with Crippen molar-refractivity contribution in [1.29, 1.82) is 0 Å². The molecule has 4 aromatic heterocycles. The number of rotatable bonds is 19. The Bertz CT molecular complexity index is 3180. The highest BCUT2D eigenvalue weighted by atomic mass is 35.5. The molecule has 8 aromatic rings. The Hall–Kier alpha value is -9.29. The molecule has 0 bridgehead atoms. The maximum absolute atomic E-state index is 13.8. The Morgan fingerprint density at radius 3 is 1.25 bits per heavy atom. The van der Waals surface area contributed by atoms with Crippen molar-refractivity contribution in [2.45, 2.75) is 13.8 Å². The van der Waals surface area contributed by atoms with Gasteiger partial charge in [-0.1, -0.05) is 12.1 Å². The van der Waals surface area contributed by atoms with Crippen molar-refractivity contribution in [2.75, 3.05) is 62.6 Å². The van der Waals surface area contributed by atoms with Crippen molar-refractivity contribution in [2.24, 2.45) is 0 Å². The monoisotopic (exact) mass is 1010 g/mol. The molecule has 0 fully saturated rings. The Morgan fingerprint density at radius 2 is 0.877 bits per heavy atom. The summed E-state index contributed by atoms with van der Waals surface area (Å²) in [7, 11) is 2.95. The van der Waals surface area contributed by atoms with Crippen molar-refractivity contribution in [1.82, 2.24) is 19.4 Å². The summed E-state index contributed by atoms with van der Waals surface area (Å²) in [6, 6.07) is 32.9. The van der Waals surface area contributed by atoms with Gasteiger partial charge in [-0.05, 0) is 123 Å². The van der Waals surface area contributed by atoms with Crippen LogP contribution in [0.2, 0.25) is 0 Å². The quantitative estimate of drug-likeness (QED) is 0.0271. The Labute approximate surface area is 425 Å². The summed E-state index contributed by atoms with van der Waals surface area (Å²) >= 11 is 0. The van der Waals surface area contributed by atoms with Crippen LogP contribution in [0.3, 0.4) is 0 Å². The first-order valence-electron chi connectivity index (χ1n) is 22.5. The summed E-state index contributed by atoms with van der Waals surface area (Å²) in [6.07, 6.45) is 3.50. The van der Waals surface area contributed by atoms with Crippen molar-refractivity contribution >= 4 is 81.4 Å². The highest BCUT2D eigenvalue weighted by Crippen LogP contribution is 2.34. The summed E-state index contributed by atoms with van der Waals surface area (Å²) in [5.41, 5.74) is 18.2. The van der Waals surface area contributed by atoms with Gasteiger partial charge in [0.1, 0.15) is 23.0 Å². The second-order valence-electron chi connectivity index (χ2n) is 16.4. The number of ketones is 2. The van der Waals surface area contributed by atoms with Gasteiger partial charge in [-0.15, -0.1) is 12.4 Å². The number of ether oxygens (including phenoxy) is 4. The van der Waals surface area contributed by atoms with Crippen LogP contribution in [0.25, 0.3) is 11.0 Å². The molecule has 0 aliphatic carbocycles. The van der Waals surface area contributed by atoms with Crippen molar-refractivity contribution in [3.63, 3.8) is 0 Å². The third-order valence-electron chi connectivity index (χ3n) is 11.8. The van der Waals surface area contributed by atoms with E-state index >= 15 is 0 Å². The van der Waals surface area contributed by atoms with Crippen LogP contribution in [0, 0.1) is 13.8 Å². The molecule has 8 rings (SSSR count). The lowest BCUT2D eigenvalue weighted by Gasteiger charge is -2.10. The molecule has 18 nitrogen and oxygen atoms in total. The van der Waals surface area contributed by atoms with E-state index in [1.165, 1.54) is 14.2 Å². The second kappa shape index (κ2) is 22.6. The Kier molecular flexibility index (Phi) is 16.0. The topological polar surface area (TPSA) is 248 Å². The van der Waals surface area contributed by atoms with Crippen LogP contribution in [0.1, 0.15) is 63.9 Å². The fourth-order valence-electron chi connectivity index (χ4n) is 8.10. The number of nitrogens with two attached hydrogens (primary N) is 2. The van der Waals surface area contributed by atoms with E-state index in [9.17, 15) is 28.8 Å². The number of fused-ring (bicyclic) bond motifs is 2. The lowest BCUT2D eigenvalue weighted by molar-refractivity contribution is -0.124. The van der Waals surface area contributed by atoms with Crippen LogP contribution in [0.15, 0.2) is 134 Å². The molecule has 0 saturated heterocycles. The summed E-state index contributed by atoms with van der Waals surface area (Å²) < 4.78 is 25.3. The summed E-state index contributed by atoms with van der Waals surface area (Å²) in [5.74, 6) is -0.790. The number of carbonyl (C=O) groups excluding carboxylic acids is 6. The molecule has 0 unspecified atom stereocenters. The highest BCUT2D eigenvalue weighted by molar-refractivity contribution is 6.15. The number of nitrogen functional groups attached to an aromatic ring is 2. The SMILES string of the molecule is COc1cc(C(=O)c2c(C)c(NC(=O)c3ccc(OCC(=O)NCCNC(=O)COc4ccc(C(=O)Nc5c(C)c(C(=O)c6ccc(N)c(OC)c6)n6ccccc56)cc4)cc3)c3ccccn23)ccc1N.Cl. The van der Waals surface area contributed by atoms with E-state index in [-0.39, 0.29) is 50.3 Å². The number of carbonyl (C=O) groups is 6. The number of amides is 4. The van der Waals surface area contributed by atoms with Gasteiger partial charge in [-0.25, -0.2) is 0 Å². The molecule has 4 amide bonds. The number of nitrogens with zero attached hydrogens (tertiary/aromatic N) is 2. The minimum Gasteiger partial charge on any atom is -0.495 e. The maximum Gasteiger partial charge on any atom is 0.258 e. The number of hydrogen-bond acceptors (Lipinski definition) is 12. The average molecular weight is 1010 g/mol. The fraction of sp³-hybridized carbons (Fsp3) is 0.148. The first kappa shape index (κ1) is 51.6. The lowest BCUT2D eigenvalue weighted by Crippen LogP contribution is -2.38. The fourth-order valence-corrected chi connectivity index (χ4v) is 8.10. The molecule has 8 N–H and O–H groups in total. The first-order valence-corrected chi connectivity index (χ1v) is 22.5. The predicted octanol–water partition coefficient (Wildman–Crippen LogP) is 7.07. The second-order valence-corrected chi connectivity index (χ2v) is 16.4. The normalized spacial score (nSPS) is 10.7. The number of hydrogen-bond donors (Lipinski definition) is 6. The van der Waals surface area contributed by atoms with Gasteiger partial charge in [0.05, 0.1) is 59.4 Å². The van der Waals surface area contributed by atoms with Crippen molar-refractivity contribution < 1.29 is 47.7 Å². The van der Waals surface area contributed by atoms with Gasteiger partial charge in [-0.2, -0.15) is 0 Å². The van der Waals surface area contributed by atoms with E-state index in [1.54, 1.807) is 144 Å². The molecule has 19 heteroatoms. The van der Waals surface area contributed by atoms with E-state index in [1.807, 2.05) is 12.1 Å². The van der Waals surface area contributed by atoms with Crippen LogP contribution < -0.4 is 51.7 Å². The van der Waals surface area contributed by atoms with E-state index in [4.69, 9.17) is 30.4 Å². The third-order valence-corrected chi connectivity index (χ3v) is 11.8. The zero-order chi connectivity index (χ0) is 51.1. The van der Waals surface area contributed by atoms with Crippen LogP contribution in [-0.2, 0) is 9.59 Å². The number of benzene rings is 4. The minimum atomic E-state index is -0.432. The molecule has 0 aliphatic heterocycles. The molecule has 0 saturated carbocycles. The zero-order valence-corrected chi connectivity index (χ0v) is 40.9. The molecule has 0 spiro atoms. The molecule has 4 heterocycles. The molecular weight excluding hydrogens is 956 g/mol. The van der Waals surface area contributed by atoms with Crippen LogP contribution >= 0.6 is 12.4 Å². The molecule has 374 valence electrons. The van der Waals surface area contributed by atoms with Gasteiger partial charge in [0.2, 0.25) is 11.6 Å². The summed E-state index contributed by atoms with van der Waals surface area (Å²) in [6.45, 7) is 3.14. The number of halogens is 1. The standard InChI is InChI=1S/C54H50N8O10.ClH/c1-31-47(41-9-5-7-25-61(41)49(31)51(65)35-15-21-39(55)43(27-35)69-3)59-53(67)33-11-17-37(18-12-33)71-29-45(63)57-23-24-58-46(64)30-72-38-19-13-34(14-20-38)54(68)60-48-32(2)50(62-26-8-6-10-42(48)62)52(66)36-16-22-40(56)44(28-36)70-4;/h5-22,25-28H,23-24,29-30,55-56H2,1-4H3,(H,57,63)(H,58,64)(H,59,67)(H,60,68);1H. The van der Waals surface area contributed by atoms with Crippen LogP contribution in [0.4, 0.5) is 22.7 Å². The number of anilines is 4. The van der Waals surface area contributed by atoms with Crippen molar-refractivity contribution in [3.8, 4) is 23.0 Å². The van der Waals surface area contributed by atoms with Crippen molar-refractivity contribution in [3.05, 3.63) is 178 Å². The van der Waals surface area contributed by atoms with Gasteiger partial charge in [0, 0.05) is 58.9 Å². The molecule has 0 atom stereocenters. The average Bonchev–Trinajstić information content (AvgIpc) is 3.84. The van der Waals surface area contributed by atoms with E-state index in [2.05, 4.69) is 21.3 Å². The van der Waals surface area contributed by atoms with E-state index in [0.29, 0.717) is 102 Å². The van der Waals surface area contributed by atoms with Gasteiger partial charge in [0.25, 0.3) is 23.6 Å². The van der Waals surface area contributed by atoms with Gasteiger partial charge in [-0.3, -0.25) is 28.8 Å². The maximum atomic E-state index is 13.8. The lowest BCUT2D eigenvalue weighted by atomic mass is 10.0.